The summed E-state index contributed by atoms with van der Waals surface area (Å²) in [5, 5.41) is 19.2. The lowest BCUT2D eigenvalue weighted by Gasteiger charge is -2.24. The van der Waals surface area contributed by atoms with E-state index in [1.165, 1.54) is 6.33 Å². The van der Waals surface area contributed by atoms with Crippen molar-refractivity contribution in [1.82, 2.24) is 9.97 Å². The van der Waals surface area contributed by atoms with Crippen molar-refractivity contribution in [2.24, 2.45) is 5.41 Å². The monoisotopic (exact) mass is 205 g/mol. The molecule has 0 aromatic carbocycles. The molecule has 0 bridgehead atoms. The van der Waals surface area contributed by atoms with Crippen molar-refractivity contribution in [3.63, 3.8) is 0 Å². The van der Waals surface area contributed by atoms with Crippen LogP contribution in [0.2, 0.25) is 0 Å². The van der Waals surface area contributed by atoms with Crippen molar-refractivity contribution in [2.45, 2.75) is 12.5 Å². The summed E-state index contributed by atoms with van der Waals surface area (Å²) in [7, 11) is 0. The van der Waals surface area contributed by atoms with E-state index in [2.05, 4.69) is 16.0 Å². The number of aliphatic hydroxyl groups is 1. The summed E-state index contributed by atoms with van der Waals surface area (Å²) >= 11 is 0. The fraction of sp³-hybridized carbons (Fsp3) is 0.500. The largest absolute Gasteiger partial charge is 0.385 e. The van der Waals surface area contributed by atoms with Gasteiger partial charge in [0.15, 0.2) is 0 Å². The van der Waals surface area contributed by atoms with Crippen LogP contribution in [0.1, 0.15) is 18.2 Å². The Hall–Kier alpha value is -1.51. The summed E-state index contributed by atoms with van der Waals surface area (Å²) in [6.45, 7) is 0.768. The van der Waals surface area contributed by atoms with Crippen LogP contribution in [0.3, 0.4) is 0 Å². The molecule has 78 valence electrons. The van der Waals surface area contributed by atoms with E-state index >= 15 is 0 Å². The van der Waals surface area contributed by atoms with Gasteiger partial charge in [-0.2, -0.15) is 5.26 Å². The van der Waals surface area contributed by atoms with E-state index in [9.17, 15) is 5.11 Å². The first-order chi connectivity index (χ1) is 7.28. The van der Waals surface area contributed by atoms with Gasteiger partial charge >= 0.3 is 0 Å². The van der Waals surface area contributed by atoms with Gasteiger partial charge in [-0.05, 0) is 12.5 Å². The van der Waals surface area contributed by atoms with E-state index in [0.717, 1.165) is 0 Å². The first-order valence-corrected chi connectivity index (χ1v) is 4.71. The lowest BCUT2D eigenvalue weighted by atomic mass is 9.81. The SMILES string of the molecule is N#CC1(C(O)c2ccncn2)CCOC1. The highest BCUT2D eigenvalue weighted by Gasteiger charge is 2.43. The topological polar surface area (TPSA) is 79.0 Å². The fourth-order valence-electron chi connectivity index (χ4n) is 1.69. The normalized spacial score (nSPS) is 27.2. The lowest BCUT2D eigenvalue weighted by Crippen LogP contribution is -2.28. The Labute approximate surface area is 87.4 Å². The lowest BCUT2D eigenvalue weighted by molar-refractivity contribution is 0.0472. The number of rotatable bonds is 2. The van der Waals surface area contributed by atoms with E-state index in [4.69, 9.17) is 10.00 Å². The summed E-state index contributed by atoms with van der Waals surface area (Å²) in [4.78, 5) is 7.72. The summed E-state index contributed by atoms with van der Waals surface area (Å²) < 4.78 is 5.17. The molecule has 1 aliphatic heterocycles. The number of aliphatic hydroxyl groups excluding tert-OH is 1. The van der Waals surface area contributed by atoms with Gasteiger partial charge in [-0.1, -0.05) is 0 Å². The molecular weight excluding hydrogens is 194 g/mol. The van der Waals surface area contributed by atoms with Gasteiger partial charge < -0.3 is 9.84 Å². The third-order valence-electron chi connectivity index (χ3n) is 2.68. The Morgan fingerprint density at radius 2 is 2.53 bits per heavy atom. The standard InChI is InChI=1S/C10H11N3O2/c11-5-10(2-4-15-6-10)9(14)8-1-3-12-7-13-8/h1,3,7,9,14H,2,4,6H2. The average molecular weight is 205 g/mol. The minimum Gasteiger partial charge on any atom is -0.385 e. The van der Waals surface area contributed by atoms with Crippen LogP contribution in [0.15, 0.2) is 18.6 Å². The molecule has 2 atom stereocenters. The minimum atomic E-state index is -0.909. The van der Waals surface area contributed by atoms with E-state index < -0.39 is 11.5 Å². The Balaban J connectivity index is 2.27. The van der Waals surface area contributed by atoms with Crippen molar-refractivity contribution < 1.29 is 9.84 Å². The smallest absolute Gasteiger partial charge is 0.117 e. The summed E-state index contributed by atoms with van der Waals surface area (Å²) in [5.41, 5.74) is -0.383. The second-order valence-electron chi connectivity index (χ2n) is 3.61. The molecule has 0 radical (unpaired) electrons. The number of hydrogen-bond donors (Lipinski definition) is 1. The Kier molecular flexibility index (Phi) is 2.62. The maximum atomic E-state index is 10.1. The zero-order valence-corrected chi connectivity index (χ0v) is 8.13. The summed E-state index contributed by atoms with van der Waals surface area (Å²) in [6, 6.07) is 3.75. The maximum absolute atomic E-state index is 10.1. The molecule has 0 spiro atoms. The highest BCUT2D eigenvalue weighted by atomic mass is 16.5. The highest BCUT2D eigenvalue weighted by Crippen LogP contribution is 2.39. The first kappa shape index (κ1) is 10.0. The van der Waals surface area contributed by atoms with Gasteiger partial charge in [-0.15, -0.1) is 0 Å². The molecular formula is C10H11N3O2. The molecule has 2 rings (SSSR count). The van der Waals surface area contributed by atoms with Crippen molar-refractivity contribution in [2.75, 3.05) is 13.2 Å². The van der Waals surface area contributed by atoms with Crippen LogP contribution in [-0.2, 0) is 4.74 Å². The number of hydrogen-bond acceptors (Lipinski definition) is 5. The van der Waals surface area contributed by atoms with Gasteiger partial charge in [-0.25, -0.2) is 9.97 Å². The predicted octanol–water partition coefficient (Wildman–Crippen LogP) is 0.440. The molecule has 1 aliphatic rings. The molecule has 2 unspecified atom stereocenters. The van der Waals surface area contributed by atoms with Crippen LogP contribution >= 0.6 is 0 Å². The number of nitrogens with zero attached hydrogens (tertiary/aromatic N) is 3. The molecule has 1 fully saturated rings. The molecule has 0 aliphatic carbocycles. The minimum absolute atomic E-state index is 0.259. The van der Waals surface area contributed by atoms with E-state index in [-0.39, 0.29) is 6.61 Å². The summed E-state index contributed by atoms with van der Waals surface area (Å²) in [5.74, 6) is 0. The molecule has 2 heterocycles. The van der Waals surface area contributed by atoms with Gasteiger partial charge in [0.25, 0.3) is 0 Å². The molecule has 1 N–H and O–H groups in total. The molecule has 15 heavy (non-hydrogen) atoms. The molecule has 5 nitrogen and oxygen atoms in total. The third kappa shape index (κ3) is 1.69. The Morgan fingerprint density at radius 1 is 1.67 bits per heavy atom. The molecule has 5 heteroatoms. The van der Waals surface area contributed by atoms with Crippen LogP contribution in [0.25, 0.3) is 0 Å². The van der Waals surface area contributed by atoms with Crippen molar-refractivity contribution in [3.05, 3.63) is 24.3 Å². The fourth-order valence-corrected chi connectivity index (χ4v) is 1.69. The zero-order chi connectivity index (χ0) is 10.7. The van der Waals surface area contributed by atoms with Gasteiger partial charge in [0.1, 0.15) is 17.8 Å². The van der Waals surface area contributed by atoms with E-state index in [1.807, 2.05) is 0 Å². The van der Waals surface area contributed by atoms with Crippen LogP contribution in [0.4, 0.5) is 0 Å². The first-order valence-electron chi connectivity index (χ1n) is 4.71. The summed E-state index contributed by atoms with van der Waals surface area (Å²) in [6.07, 6.45) is 2.54. The van der Waals surface area contributed by atoms with Crippen molar-refractivity contribution in [3.8, 4) is 6.07 Å². The zero-order valence-electron chi connectivity index (χ0n) is 8.13. The van der Waals surface area contributed by atoms with Crippen LogP contribution in [-0.4, -0.2) is 28.3 Å². The third-order valence-corrected chi connectivity index (χ3v) is 2.68. The number of nitriles is 1. The van der Waals surface area contributed by atoms with Crippen molar-refractivity contribution in [1.29, 1.82) is 5.26 Å². The average Bonchev–Trinajstić information content (AvgIpc) is 2.79. The molecule has 1 aromatic rings. The second-order valence-corrected chi connectivity index (χ2v) is 3.61. The Bertz CT molecular complexity index is 368. The number of aromatic nitrogens is 2. The molecule has 0 saturated carbocycles. The highest BCUT2D eigenvalue weighted by molar-refractivity contribution is 5.15. The molecule has 1 saturated heterocycles. The second kappa shape index (κ2) is 3.93. The van der Waals surface area contributed by atoms with Crippen molar-refractivity contribution >= 4 is 0 Å². The van der Waals surface area contributed by atoms with Gasteiger partial charge in [0.2, 0.25) is 0 Å². The van der Waals surface area contributed by atoms with E-state index in [1.54, 1.807) is 12.3 Å². The Morgan fingerprint density at radius 3 is 3.07 bits per heavy atom. The molecule has 1 aromatic heterocycles. The van der Waals surface area contributed by atoms with Crippen LogP contribution < -0.4 is 0 Å². The van der Waals surface area contributed by atoms with Gasteiger partial charge in [-0.3, -0.25) is 0 Å². The predicted molar refractivity (Wildman–Crippen MR) is 50.5 cm³/mol. The van der Waals surface area contributed by atoms with Crippen LogP contribution in [0.5, 0.6) is 0 Å². The van der Waals surface area contributed by atoms with Gasteiger partial charge in [0.05, 0.1) is 18.4 Å². The quantitative estimate of drug-likeness (QED) is 0.757. The van der Waals surface area contributed by atoms with E-state index in [0.29, 0.717) is 18.7 Å². The van der Waals surface area contributed by atoms with Gasteiger partial charge in [0, 0.05) is 12.8 Å². The number of ether oxygens (including phenoxy) is 1. The molecule has 0 amide bonds. The maximum Gasteiger partial charge on any atom is 0.117 e. The van der Waals surface area contributed by atoms with Crippen LogP contribution in [0, 0.1) is 16.7 Å².